The molecule has 1 aliphatic rings. The quantitative estimate of drug-likeness (QED) is 0.809. The average Bonchev–Trinajstić information content (AvgIpc) is 2.67. The molecule has 1 fully saturated rings. The Labute approximate surface area is 181 Å². The summed E-state index contributed by atoms with van der Waals surface area (Å²) in [7, 11) is 0. The Kier molecular flexibility index (Phi) is 6.65. The lowest BCUT2D eigenvalue weighted by atomic mass is 10.0. The zero-order valence-electron chi connectivity index (χ0n) is 18.4. The van der Waals surface area contributed by atoms with E-state index in [0.717, 1.165) is 10.9 Å². The Balaban J connectivity index is 1.66. The number of pyridine rings is 1. The van der Waals surface area contributed by atoms with Gasteiger partial charge < -0.3 is 14.6 Å². The first-order chi connectivity index (χ1) is 14.6. The Morgan fingerprint density at radius 3 is 2.71 bits per heavy atom. The van der Waals surface area contributed by atoms with Gasteiger partial charge in [0, 0.05) is 37.6 Å². The van der Waals surface area contributed by atoms with Gasteiger partial charge in [-0.2, -0.15) is 5.26 Å². The SMILES string of the molecule is Cc1cc(=O)n(CCN2CCC(NC(=O)OC(C)(C)C)C(F)C2)c2cc(C#N)ccc12. The van der Waals surface area contributed by atoms with Gasteiger partial charge in [-0.3, -0.25) is 9.69 Å². The Bertz CT molecular complexity index is 1070. The van der Waals surface area contributed by atoms with Crippen molar-refractivity contribution in [1.82, 2.24) is 14.8 Å². The topological polar surface area (TPSA) is 87.4 Å². The number of carbonyl (C=O) groups is 1. The Morgan fingerprint density at radius 1 is 1.32 bits per heavy atom. The molecule has 7 nitrogen and oxygen atoms in total. The molecule has 1 saturated heterocycles. The molecule has 2 unspecified atom stereocenters. The standard InChI is InChI=1S/C23H29FN4O3/c1-15-11-21(29)28(20-12-16(13-25)5-6-17(15)20)10-9-27-8-7-19(18(24)14-27)26-22(30)31-23(2,3)4/h5-6,11-12,18-19H,7-10,14H2,1-4H3,(H,26,30). The summed E-state index contributed by atoms with van der Waals surface area (Å²) < 4.78 is 21.5. The van der Waals surface area contributed by atoms with Crippen molar-refractivity contribution in [3.63, 3.8) is 0 Å². The molecule has 166 valence electrons. The fraction of sp³-hybridized carbons (Fsp3) is 0.522. The number of rotatable bonds is 4. The molecule has 3 rings (SSSR count). The maximum Gasteiger partial charge on any atom is 0.407 e. The number of benzene rings is 1. The summed E-state index contributed by atoms with van der Waals surface area (Å²) in [6.07, 6.45) is -1.37. The molecule has 2 atom stereocenters. The summed E-state index contributed by atoms with van der Waals surface area (Å²) in [6, 6.07) is 8.42. The van der Waals surface area contributed by atoms with Crippen LogP contribution in [0.4, 0.5) is 9.18 Å². The molecule has 1 aromatic carbocycles. The van der Waals surface area contributed by atoms with E-state index in [0.29, 0.717) is 37.1 Å². The third kappa shape index (κ3) is 5.61. The minimum Gasteiger partial charge on any atom is -0.444 e. The molecule has 2 heterocycles. The highest BCUT2D eigenvalue weighted by Crippen LogP contribution is 2.19. The lowest BCUT2D eigenvalue weighted by molar-refractivity contribution is 0.0395. The van der Waals surface area contributed by atoms with Gasteiger partial charge in [0.2, 0.25) is 0 Å². The van der Waals surface area contributed by atoms with E-state index in [2.05, 4.69) is 11.4 Å². The zero-order chi connectivity index (χ0) is 22.8. The maximum absolute atomic E-state index is 14.7. The van der Waals surface area contributed by atoms with E-state index in [1.165, 1.54) is 0 Å². The van der Waals surface area contributed by atoms with Crippen molar-refractivity contribution in [2.45, 2.75) is 58.5 Å². The molecule has 8 heteroatoms. The zero-order valence-corrected chi connectivity index (χ0v) is 18.4. The van der Waals surface area contributed by atoms with Crippen molar-refractivity contribution < 1.29 is 13.9 Å². The highest BCUT2D eigenvalue weighted by Gasteiger charge is 2.31. The third-order valence-corrected chi connectivity index (χ3v) is 5.42. The van der Waals surface area contributed by atoms with Crippen LogP contribution >= 0.6 is 0 Å². The van der Waals surface area contributed by atoms with Crippen molar-refractivity contribution in [2.24, 2.45) is 0 Å². The number of likely N-dealkylation sites (tertiary alicyclic amines) is 1. The van der Waals surface area contributed by atoms with Gasteiger partial charge in [0.05, 0.1) is 23.2 Å². The van der Waals surface area contributed by atoms with Gasteiger partial charge in [-0.1, -0.05) is 6.07 Å². The fourth-order valence-electron chi connectivity index (χ4n) is 3.88. The molecular weight excluding hydrogens is 399 g/mol. The first-order valence-corrected chi connectivity index (χ1v) is 10.5. The molecule has 0 spiro atoms. The molecule has 1 aliphatic heterocycles. The predicted molar refractivity (Wildman–Crippen MR) is 117 cm³/mol. The highest BCUT2D eigenvalue weighted by atomic mass is 19.1. The number of alkyl carbamates (subject to hydrolysis) is 1. The number of nitriles is 1. The number of aromatic nitrogens is 1. The minimum atomic E-state index is -1.22. The number of halogens is 1. The summed E-state index contributed by atoms with van der Waals surface area (Å²) in [4.78, 5) is 26.5. The van der Waals surface area contributed by atoms with Crippen LogP contribution in [-0.2, 0) is 11.3 Å². The number of aryl methyl sites for hydroxylation is 1. The molecular formula is C23H29FN4O3. The fourth-order valence-corrected chi connectivity index (χ4v) is 3.88. The lowest BCUT2D eigenvalue weighted by Crippen LogP contribution is -2.53. The van der Waals surface area contributed by atoms with Crippen molar-refractivity contribution in [2.75, 3.05) is 19.6 Å². The minimum absolute atomic E-state index is 0.140. The molecule has 0 saturated carbocycles. The average molecular weight is 429 g/mol. The van der Waals surface area contributed by atoms with E-state index >= 15 is 0 Å². The van der Waals surface area contributed by atoms with Gasteiger partial charge in [-0.25, -0.2) is 9.18 Å². The van der Waals surface area contributed by atoms with Crippen molar-refractivity contribution in [3.05, 3.63) is 45.7 Å². The van der Waals surface area contributed by atoms with Gasteiger partial charge in [-0.05, 0) is 51.8 Å². The summed E-state index contributed by atoms with van der Waals surface area (Å²) in [5.74, 6) is 0. The van der Waals surface area contributed by atoms with Crippen LogP contribution in [0, 0.1) is 18.3 Å². The van der Waals surface area contributed by atoms with Crippen LogP contribution in [0.15, 0.2) is 29.1 Å². The molecule has 2 aromatic rings. The number of hydrogen-bond acceptors (Lipinski definition) is 5. The van der Waals surface area contributed by atoms with Crippen molar-refractivity contribution in [1.29, 1.82) is 5.26 Å². The number of alkyl halides is 1. The summed E-state index contributed by atoms with van der Waals surface area (Å²) in [6.45, 7) is 8.81. The third-order valence-electron chi connectivity index (χ3n) is 5.42. The van der Waals surface area contributed by atoms with Gasteiger partial charge in [-0.15, -0.1) is 0 Å². The Morgan fingerprint density at radius 2 is 2.06 bits per heavy atom. The summed E-state index contributed by atoms with van der Waals surface area (Å²) in [5.41, 5.74) is 1.29. The van der Waals surface area contributed by atoms with Crippen LogP contribution in [0.5, 0.6) is 0 Å². The molecule has 1 amide bonds. The largest absolute Gasteiger partial charge is 0.444 e. The number of piperidine rings is 1. The number of hydrogen-bond donors (Lipinski definition) is 1. The van der Waals surface area contributed by atoms with Crippen LogP contribution in [0.1, 0.15) is 38.3 Å². The predicted octanol–water partition coefficient (Wildman–Crippen LogP) is 3.12. The molecule has 0 aliphatic carbocycles. The van der Waals surface area contributed by atoms with Crippen molar-refractivity contribution in [3.8, 4) is 6.07 Å². The second-order valence-electron chi connectivity index (χ2n) is 9.02. The number of nitrogens with one attached hydrogen (secondary N) is 1. The second kappa shape index (κ2) is 9.06. The molecule has 1 N–H and O–H groups in total. The monoisotopic (exact) mass is 428 g/mol. The van der Waals surface area contributed by atoms with E-state index in [-0.39, 0.29) is 12.1 Å². The number of ether oxygens (including phenoxy) is 1. The lowest BCUT2D eigenvalue weighted by Gasteiger charge is -2.35. The van der Waals surface area contributed by atoms with E-state index in [4.69, 9.17) is 4.74 Å². The van der Waals surface area contributed by atoms with Gasteiger partial charge in [0.25, 0.3) is 5.56 Å². The number of amides is 1. The maximum atomic E-state index is 14.7. The van der Waals surface area contributed by atoms with E-state index in [1.54, 1.807) is 43.5 Å². The first-order valence-electron chi connectivity index (χ1n) is 10.5. The first kappa shape index (κ1) is 22.8. The smallest absolute Gasteiger partial charge is 0.407 e. The summed E-state index contributed by atoms with van der Waals surface area (Å²) in [5, 5.41) is 12.8. The van der Waals surface area contributed by atoms with Crippen LogP contribution < -0.4 is 10.9 Å². The van der Waals surface area contributed by atoms with Gasteiger partial charge in [0.1, 0.15) is 11.8 Å². The Hall–Kier alpha value is -2.92. The second-order valence-corrected chi connectivity index (χ2v) is 9.02. The molecule has 0 radical (unpaired) electrons. The number of fused-ring (bicyclic) bond motifs is 1. The number of carbonyl (C=O) groups excluding carboxylic acids is 1. The number of nitrogens with zero attached hydrogens (tertiary/aromatic N) is 3. The van der Waals surface area contributed by atoms with Crippen LogP contribution in [0.25, 0.3) is 10.9 Å². The molecule has 31 heavy (non-hydrogen) atoms. The normalized spacial score (nSPS) is 19.7. The highest BCUT2D eigenvalue weighted by molar-refractivity contribution is 5.83. The van der Waals surface area contributed by atoms with Gasteiger partial charge in [0.15, 0.2) is 0 Å². The van der Waals surface area contributed by atoms with Crippen molar-refractivity contribution >= 4 is 17.0 Å². The molecule has 1 aromatic heterocycles. The van der Waals surface area contributed by atoms with E-state index in [9.17, 15) is 19.2 Å². The van der Waals surface area contributed by atoms with Gasteiger partial charge >= 0.3 is 6.09 Å². The summed E-state index contributed by atoms with van der Waals surface area (Å²) >= 11 is 0. The van der Waals surface area contributed by atoms with Crippen LogP contribution in [0.3, 0.4) is 0 Å². The van der Waals surface area contributed by atoms with Crippen LogP contribution in [0.2, 0.25) is 0 Å². The van der Waals surface area contributed by atoms with Crippen LogP contribution in [-0.4, -0.2) is 53.0 Å². The van der Waals surface area contributed by atoms with E-state index < -0.39 is 23.9 Å². The molecule has 0 bridgehead atoms. The van der Waals surface area contributed by atoms with E-state index in [1.807, 2.05) is 17.9 Å².